The van der Waals surface area contributed by atoms with Crippen molar-refractivity contribution >= 4 is 0 Å². The summed E-state index contributed by atoms with van der Waals surface area (Å²) in [5.41, 5.74) is 3.64. The summed E-state index contributed by atoms with van der Waals surface area (Å²) >= 11 is 0. The maximum Gasteiger partial charge on any atom is 0.0885 e. The summed E-state index contributed by atoms with van der Waals surface area (Å²) < 4.78 is 2.00. The SMILES string of the molecule is c1ccc(Cn2nnc3c2CNCC3)cc1. The smallest absolute Gasteiger partial charge is 0.0885 e. The number of rotatable bonds is 2. The maximum absolute atomic E-state index is 4.23. The number of hydrogen-bond donors (Lipinski definition) is 1. The first-order valence-corrected chi connectivity index (χ1v) is 5.59. The monoisotopic (exact) mass is 214 g/mol. The summed E-state index contributed by atoms with van der Waals surface area (Å²) in [6, 6.07) is 10.4. The van der Waals surface area contributed by atoms with Crippen LogP contribution in [0.5, 0.6) is 0 Å². The Morgan fingerprint density at radius 1 is 1.25 bits per heavy atom. The molecule has 0 bridgehead atoms. The molecule has 2 heterocycles. The Morgan fingerprint density at radius 2 is 2.12 bits per heavy atom. The second kappa shape index (κ2) is 4.06. The van der Waals surface area contributed by atoms with Gasteiger partial charge in [-0.15, -0.1) is 5.10 Å². The third kappa shape index (κ3) is 1.72. The standard InChI is InChI=1S/C12H14N4/c1-2-4-10(5-3-1)9-16-12-8-13-7-6-11(12)14-15-16/h1-5,13H,6-9H2. The number of nitrogens with one attached hydrogen (secondary N) is 1. The van der Waals surface area contributed by atoms with Crippen LogP contribution < -0.4 is 5.32 Å². The molecular formula is C12H14N4. The third-order valence-corrected chi connectivity index (χ3v) is 2.92. The molecule has 1 N–H and O–H groups in total. The van der Waals surface area contributed by atoms with Gasteiger partial charge in [0, 0.05) is 19.5 Å². The van der Waals surface area contributed by atoms with Crippen molar-refractivity contribution in [1.82, 2.24) is 20.3 Å². The Kier molecular flexibility index (Phi) is 2.42. The average molecular weight is 214 g/mol. The Hall–Kier alpha value is -1.68. The van der Waals surface area contributed by atoms with Crippen molar-refractivity contribution in [3.05, 3.63) is 47.3 Å². The molecule has 4 nitrogen and oxygen atoms in total. The Balaban J connectivity index is 1.88. The summed E-state index contributed by atoms with van der Waals surface area (Å²) in [5, 5.41) is 11.8. The second-order valence-electron chi connectivity index (χ2n) is 4.05. The molecule has 0 fully saturated rings. The predicted octanol–water partition coefficient (Wildman–Crippen LogP) is 0.972. The van der Waals surface area contributed by atoms with Crippen molar-refractivity contribution in [2.45, 2.75) is 19.5 Å². The van der Waals surface area contributed by atoms with Crippen molar-refractivity contribution in [2.24, 2.45) is 0 Å². The minimum atomic E-state index is 0.810. The highest BCUT2D eigenvalue weighted by molar-refractivity contribution is 5.18. The highest BCUT2D eigenvalue weighted by Crippen LogP contribution is 2.12. The van der Waals surface area contributed by atoms with Crippen molar-refractivity contribution in [1.29, 1.82) is 0 Å². The van der Waals surface area contributed by atoms with E-state index in [0.717, 1.165) is 31.7 Å². The molecule has 4 heteroatoms. The summed E-state index contributed by atoms with van der Waals surface area (Å²) in [6.45, 7) is 2.71. The zero-order valence-electron chi connectivity index (χ0n) is 9.06. The van der Waals surface area contributed by atoms with Gasteiger partial charge in [-0.05, 0) is 5.56 Å². The first-order chi connectivity index (χ1) is 7.93. The lowest BCUT2D eigenvalue weighted by atomic mass is 10.1. The molecule has 2 aromatic rings. The first kappa shape index (κ1) is 9.54. The summed E-state index contributed by atoms with van der Waals surface area (Å²) in [4.78, 5) is 0. The Bertz CT molecular complexity index is 475. The molecule has 0 radical (unpaired) electrons. The van der Waals surface area contributed by atoms with Crippen molar-refractivity contribution in [2.75, 3.05) is 6.54 Å². The van der Waals surface area contributed by atoms with E-state index < -0.39 is 0 Å². The van der Waals surface area contributed by atoms with Crippen LogP contribution in [0.25, 0.3) is 0 Å². The second-order valence-corrected chi connectivity index (χ2v) is 4.05. The molecule has 0 unspecified atom stereocenters. The van der Waals surface area contributed by atoms with E-state index >= 15 is 0 Å². The third-order valence-electron chi connectivity index (χ3n) is 2.92. The van der Waals surface area contributed by atoms with Gasteiger partial charge in [0.25, 0.3) is 0 Å². The number of aromatic nitrogens is 3. The lowest BCUT2D eigenvalue weighted by Crippen LogP contribution is -2.25. The Labute approximate surface area is 94.3 Å². The fourth-order valence-corrected chi connectivity index (χ4v) is 2.05. The molecule has 0 saturated heterocycles. The van der Waals surface area contributed by atoms with Gasteiger partial charge in [-0.2, -0.15) is 0 Å². The first-order valence-electron chi connectivity index (χ1n) is 5.59. The highest BCUT2D eigenvalue weighted by atomic mass is 15.4. The van der Waals surface area contributed by atoms with Gasteiger partial charge in [0.15, 0.2) is 0 Å². The maximum atomic E-state index is 4.23. The summed E-state index contributed by atoms with van der Waals surface area (Å²) in [5.74, 6) is 0. The molecular weight excluding hydrogens is 200 g/mol. The lowest BCUT2D eigenvalue weighted by molar-refractivity contribution is 0.568. The minimum absolute atomic E-state index is 0.810. The van der Waals surface area contributed by atoms with Crippen molar-refractivity contribution < 1.29 is 0 Å². The number of nitrogens with zero attached hydrogens (tertiary/aromatic N) is 3. The van der Waals surface area contributed by atoms with Crippen LogP contribution >= 0.6 is 0 Å². The molecule has 0 aliphatic carbocycles. The Morgan fingerprint density at radius 3 is 3.00 bits per heavy atom. The van der Waals surface area contributed by atoms with E-state index in [1.54, 1.807) is 0 Å². The van der Waals surface area contributed by atoms with Gasteiger partial charge in [-0.1, -0.05) is 35.5 Å². The van der Waals surface area contributed by atoms with E-state index in [9.17, 15) is 0 Å². The zero-order valence-corrected chi connectivity index (χ0v) is 9.06. The van der Waals surface area contributed by atoms with E-state index in [1.807, 2.05) is 10.7 Å². The fraction of sp³-hybridized carbons (Fsp3) is 0.333. The molecule has 16 heavy (non-hydrogen) atoms. The largest absolute Gasteiger partial charge is 0.311 e. The molecule has 82 valence electrons. The molecule has 1 aromatic heterocycles. The molecule has 0 saturated carbocycles. The quantitative estimate of drug-likeness (QED) is 0.810. The number of benzene rings is 1. The fourth-order valence-electron chi connectivity index (χ4n) is 2.05. The normalized spacial score (nSPS) is 14.8. The van der Waals surface area contributed by atoms with Crippen LogP contribution in [0.4, 0.5) is 0 Å². The van der Waals surface area contributed by atoms with Gasteiger partial charge in [0.05, 0.1) is 17.9 Å². The number of hydrogen-bond acceptors (Lipinski definition) is 3. The van der Waals surface area contributed by atoms with E-state index in [0.29, 0.717) is 0 Å². The zero-order chi connectivity index (χ0) is 10.8. The van der Waals surface area contributed by atoms with Crippen LogP contribution in [0.15, 0.2) is 30.3 Å². The van der Waals surface area contributed by atoms with Gasteiger partial charge in [-0.25, -0.2) is 4.68 Å². The summed E-state index contributed by atoms with van der Waals surface area (Å²) in [7, 11) is 0. The van der Waals surface area contributed by atoms with Crippen LogP contribution in [0.2, 0.25) is 0 Å². The minimum Gasteiger partial charge on any atom is -0.311 e. The van der Waals surface area contributed by atoms with Crippen molar-refractivity contribution in [3.63, 3.8) is 0 Å². The molecule has 1 aliphatic rings. The van der Waals surface area contributed by atoms with Crippen LogP contribution in [0.3, 0.4) is 0 Å². The highest BCUT2D eigenvalue weighted by Gasteiger charge is 2.15. The van der Waals surface area contributed by atoms with E-state index in [1.165, 1.54) is 11.3 Å². The molecule has 0 amide bonds. The van der Waals surface area contributed by atoms with Crippen LogP contribution in [0, 0.1) is 0 Å². The topological polar surface area (TPSA) is 42.7 Å². The molecule has 0 spiro atoms. The lowest BCUT2D eigenvalue weighted by Gasteiger charge is -2.13. The van der Waals surface area contributed by atoms with E-state index in [4.69, 9.17) is 0 Å². The van der Waals surface area contributed by atoms with Crippen LogP contribution in [0.1, 0.15) is 17.0 Å². The van der Waals surface area contributed by atoms with Crippen LogP contribution in [-0.4, -0.2) is 21.5 Å². The average Bonchev–Trinajstić information content (AvgIpc) is 2.74. The predicted molar refractivity (Wildman–Crippen MR) is 61.0 cm³/mol. The van der Waals surface area contributed by atoms with Gasteiger partial charge in [0.2, 0.25) is 0 Å². The molecule has 3 rings (SSSR count). The molecule has 0 atom stereocenters. The molecule has 1 aromatic carbocycles. The number of fused-ring (bicyclic) bond motifs is 1. The van der Waals surface area contributed by atoms with Crippen LogP contribution in [-0.2, 0) is 19.5 Å². The molecule has 1 aliphatic heterocycles. The van der Waals surface area contributed by atoms with Crippen molar-refractivity contribution in [3.8, 4) is 0 Å². The van der Waals surface area contributed by atoms with E-state index in [2.05, 4.69) is 39.9 Å². The van der Waals surface area contributed by atoms with Gasteiger partial charge in [-0.3, -0.25) is 0 Å². The van der Waals surface area contributed by atoms with Gasteiger partial charge < -0.3 is 5.32 Å². The van der Waals surface area contributed by atoms with Gasteiger partial charge in [0.1, 0.15) is 0 Å². The summed E-state index contributed by atoms with van der Waals surface area (Å²) in [6.07, 6.45) is 0.990. The van der Waals surface area contributed by atoms with E-state index in [-0.39, 0.29) is 0 Å². The van der Waals surface area contributed by atoms with Gasteiger partial charge >= 0.3 is 0 Å².